The Balaban J connectivity index is 3.51. The molecule has 0 aromatic rings. The van der Waals surface area contributed by atoms with Gasteiger partial charge in [-0.1, -0.05) is 361 Å². The normalized spacial score (nSPS) is 12.8. The van der Waals surface area contributed by atoms with Crippen LogP contribution < -0.4 is 0 Å². The highest BCUT2D eigenvalue weighted by Gasteiger charge is 2.28. The average molecular weight is 967 g/mol. The molecular weight excluding hydrogens is 838 g/mol. The number of unbranched alkanes of at least 4 members (excludes halogenated alkanes) is 54. The first-order valence-corrected chi connectivity index (χ1v) is 33.3. The maximum absolute atomic E-state index is 12.9. The third kappa shape index (κ3) is 55.3. The third-order valence-electron chi connectivity index (χ3n) is 15.2. The Morgan fingerprint density at radius 3 is 0.522 bits per heavy atom. The molecule has 0 spiro atoms. The summed E-state index contributed by atoms with van der Waals surface area (Å²) in [5.74, 6) is 0. The zero-order valence-corrected chi connectivity index (χ0v) is 47.8. The van der Waals surface area contributed by atoms with Crippen LogP contribution in [-0.2, 0) is 9.09 Å². The van der Waals surface area contributed by atoms with E-state index in [2.05, 4.69) is 13.8 Å². The van der Waals surface area contributed by atoms with Crippen molar-refractivity contribution in [1.82, 2.24) is 4.67 Å². The molecule has 404 valence electrons. The number of hydrogen-bond donors (Lipinski definition) is 1. The first-order chi connectivity index (χ1) is 33.1. The summed E-state index contributed by atoms with van der Waals surface area (Å²) in [6.45, 7) is 8.11. The van der Waals surface area contributed by atoms with E-state index in [0.717, 1.165) is 25.7 Å². The maximum Gasteiger partial charge on any atom is 0.405 e. The SMILES string of the molecule is CCCCCCCCCCCCCCCCCCCCCCCCCCCCCCN(CCCCCCCCCCCCCCCCCCCCCCCCCCCCCC)P(=O)(O)OCC. The topological polar surface area (TPSA) is 49.8 Å². The molecule has 1 N–H and O–H groups in total. The lowest BCUT2D eigenvalue weighted by Gasteiger charge is -2.26. The minimum Gasteiger partial charge on any atom is -0.312 e. The molecule has 1 unspecified atom stereocenters. The van der Waals surface area contributed by atoms with Crippen LogP contribution in [0.5, 0.6) is 0 Å². The maximum atomic E-state index is 12.9. The summed E-state index contributed by atoms with van der Waals surface area (Å²) in [7, 11) is -3.67. The molecule has 4 nitrogen and oxygen atoms in total. The molecule has 67 heavy (non-hydrogen) atoms. The molecule has 0 bridgehead atoms. The Kier molecular flexibility index (Phi) is 58.8. The van der Waals surface area contributed by atoms with Gasteiger partial charge >= 0.3 is 7.75 Å². The van der Waals surface area contributed by atoms with Crippen molar-refractivity contribution in [2.24, 2.45) is 0 Å². The van der Waals surface area contributed by atoms with Crippen LogP contribution in [0.15, 0.2) is 0 Å². The molecule has 0 aliphatic carbocycles. The van der Waals surface area contributed by atoms with Gasteiger partial charge in [-0.15, -0.1) is 0 Å². The second kappa shape index (κ2) is 58.7. The predicted octanol–water partition coefficient (Wildman–Crippen LogP) is 23.3. The molecule has 0 aliphatic heterocycles. The quantitative estimate of drug-likeness (QED) is 0.0487. The second-order valence-electron chi connectivity index (χ2n) is 22.0. The van der Waals surface area contributed by atoms with E-state index in [9.17, 15) is 9.46 Å². The number of nitrogens with zero attached hydrogens (tertiary/aromatic N) is 1. The molecule has 0 radical (unpaired) electrons. The lowest BCUT2D eigenvalue weighted by atomic mass is 10.0. The van der Waals surface area contributed by atoms with Gasteiger partial charge in [0, 0.05) is 13.1 Å². The molecule has 0 rings (SSSR count). The molecule has 0 heterocycles. The predicted molar refractivity (Wildman–Crippen MR) is 303 cm³/mol. The van der Waals surface area contributed by atoms with Gasteiger partial charge in [0.1, 0.15) is 0 Å². The van der Waals surface area contributed by atoms with E-state index in [1.54, 1.807) is 4.67 Å². The van der Waals surface area contributed by atoms with Crippen LogP contribution in [0, 0.1) is 0 Å². The van der Waals surface area contributed by atoms with E-state index in [1.807, 2.05) is 6.92 Å². The number of rotatable bonds is 61. The van der Waals surface area contributed by atoms with Crippen molar-refractivity contribution in [3.8, 4) is 0 Å². The lowest BCUT2D eigenvalue weighted by Crippen LogP contribution is -2.24. The average Bonchev–Trinajstić information content (AvgIpc) is 3.32. The highest BCUT2D eigenvalue weighted by molar-refractivity contribution is 7.50. The Labute approximate surface area is 424 Å². The van der Waals surface area contributed by atoms with Crippen molar-refractivity contribution in [3.63, 3.8) is 0 Å². The van der Waals surface area contributed by atoms with Gasteiger partial charge in [0.2, 0.25) is 0 Å². The number of hydrogen-bond acceptors (Lipinski definition) is 2. The van der Waals surface area contributed by atoms with Crippen molar-refractivity contribution < 1.29 is 14.0 Å². The van der Waals surface area contributed by atoms with Gasteiger partial charge in [-0.25, -0.2) is 9.24 Å². The van der Waals surface area contributed by atoms with E-state index in [1.165, 1.54) is 334 Å². The molecule has 0 fully saturated rings. The van der Waals surface area contributed by atoms with Gasteiger partial charge in [0.25, 0.3) is 0 Å². The fraction of sp³-hybridized carbons (Fsp3) is 1.00. The molecule has 0 aromatic carbocycles. The Hall–Kier alpha value is 0.110. The van der Waals surface area contributed by atoms with E-state index < -0.39 is 7.75 Å². The van der Waals surface area contributed by atoms with Crippen molar-refractivity contribution in [1.29, 1.82) is 0 Å². The first-order valence-electron chi connectivity index (χ1n) is 31.8. The Bertz CT molecular complexity index is 870. The second-order valence-corrected chi connectivity index (χ2v) is 23.8. The molecule has 5 heteroatoms. The van der Waals surface area contributed by atoms with Crippen molar-refractivity contribution >= 4 is 7.75 Å². The summed E-state index contributed by atoms with van der Waals surface area (Å²) >= 11 is 0. The molecule has 0 saturated heterocycles. The fourth-order valence-electron chi connectivity index (χ4n) is 10.5. The molecule has 0 aliphatic rings. The summed E-state index contributed by atoms with van der Waals surface area (Å²) in [6, 6.07) is 0. The standard InChI is InChI=1S/C62H128NO3P/c1-4-7-9-11-13-15-17-19-21-23-25-27-29-31-33-35-37-39-41-43-45-47-49-51-53-55-57-59-61-63(67(64,65)66-6-3)62-60-58-56-54-52-50-48-46-44-42-40-38-36-34-32-30-28-26-24-22-20-18-16-14-12-10-8-5-2/h4-62H2,1-3H3,(H,64,65). The van der Waals surface area contributed by atoms with Crippen molar-refractivity contribution in [3.05, 3.63) is 0 Å². The zero-order chi connectivity index (χ0) is 48.5. The summed E-state index contributed by atoms with van der Waals surface area (Å²) in [4.78, 5) is 10.6. The molecule has 0 amide bonds. The van der Waals surface area contributed by atoms with Gasteiger partial charge < -0.3 is 4.89 Å². The van der Waals surface area contributed by atoms with Crippen LogP contribution in [0.1, 0.15) is 380 Å². The fourth-order valence-corrected chi connectivity index (χ4v) is 11.8. The van der Waals surface area contributed by atoms with E-state index >= 15 is 0 Å². The lowest BCUT2D eigenvalue weighted by molar-refractivity contribution is 0.206. The van der Waals surface area contributed by atoms with Crippen LogP contribution in [0.2, 0.25) is 0 Å². The summed E-state index contributed by atoms with van der Waals surface area (Å²) in [6.07, 6.45) is 78.7. The van der Waals surface area contributed by atoms with Crippen LogP contribution in [-0.4, -0.2) is 29.3 Å². The minimum atomic E-state index is -3.67. The first kappa shape index (κ1) is 67.1. The molecular formula is C62H128NO3P. The van der Waals surface area contributed by atoms with Gasteiger partial charge in [0.05, 0.1) is 6.61 Å². The van der Waals surface area contributed by atoms with E-state index in [0.29, 0.717) is 19.7 Å². The van der Waals surface area contributed by atoms with Gasteiger partial charge in [-0.05, 0) is 19.8 Å². The minimum absolute atomic E-state index is 0.295. The third-order valence-corrected chi connectivity index (χ3v) is 16.9. The molecule has 0 saturated carbocycles. The zero-order valence-electron chi connectivity index (χ0n) is 46.9. The van der Waals surface area contributed by atoms with Gasteiger partial charge in [-0.3, -0.25) is 4.52 Å². The van der Waals surface area contributed by atoms with Crippen molar-refractivity contribution in [2.45, 2.75) is 380 Å². The van der Waals surface area contributed by atoms with Crippen LogP contribution in [0.4, 0.5) is 0 Å². The van der Waals surface area contributed by atoms with Crippen LogP contribution in [0.25, 0.3) is 0 Å². The summed E-state index contributed by atoms with van der Waals surface area (Å²) in [5.41, 5.74) is 0. The van der Waals surface area contributed by atoms with E-state index in [4.69, 9.17) is 4.52 Å². The van der Waals surface area contributed by atoms with Crippen LogP contribution >= 0.6 is 7.75 Å². The van der Waals surface area contributed by atoms with Crippen LogP contribution in [0.3, 0.4) is 0 Å². The Morgan fingerprint density at radius 1 is 0.254 bits per heavy atom. The largest absolute Gasteiger partial charge is 0.405 e. The monoisotopic (exact) mass is 966 g/mol. The van der Waals surface area contributed by atoms with Gasteiger partial charge in [0.15, 0.2) is 0 Å². The van der Waals surface area contributed by atoms with Gasteiger partial charge in [-0.2, -0.15) is 0 Å². The smallest absolute Gasteiger partial charge is 0.312 e. The highest BCUT2D eigenvalue weighted by Crippen LogP contribution is 2.46. The molecule has 1 atom stereocenters. The Morgan fingerprint density at radius 2 is 0.388 bits per heavy atom. The van der Waals surface area contributed by atoms with Crippen molar-refractivity contribution in [2.75, 3.05) is 19.7 Å². The summed E-state index contributed by atoms with van der Waals surface area (Å²) < 4.78 is 20.1. The van der Waals surface area contributed by atoms with E-state index in [-0.39, 0.29) is 0 Å². The highest BCUT2D eigenvalue weighted by atomic mass is 31.2. The summed E-state index contributed by atoms with van der Waals surface area (Å²) in [5, 5.41) is 0. The molecule has 0 aromatic heterocycles.